The van der Waals surface area contributed by atoms with Gasteiger partial charge in [0.05, 0.1) is 48.8 Å². The van der Waals surface area contributed by atoms with Crippen LogP contribution in [0.25, 0.3) is 16.6 Å². The van der Waals surface area contributed by atoms with Crippen LogP contribution in [0.1, 0.15) is 26.5 Å². The molecule has 10 heteroatoms. The average molecular weight is 429 g/mol. The first-order valence-electron chi connectivity index (χ1n) is 9.73. The van der Waals surface area contributed by atoms with Gasteiger partial charge in [-0.05, 0) is 32.9 Å². The van der Waals surface area contributed by atoms with Crippen molar-refractivity contribution in [1.29, 1.82) is 0 Å². The Morgan fingerprint density at radius 1 is 1.19 bits per heavy atom. The number of carbonyl (C=O) groups is 1. The van der Waals surface area contributed by atoms with Crippen molar-refractivity contribution in [3.63, 3.8) is 0 Å². The zero-order valence-electron chi connectivity index (χ0n) is 18.5. The molecule has 1 atom stereocenters. The number of nitrogens with zero attached hydrogens (tertiary/aromatic N) is 4. The number of pyridine rings is 2. The third-order valence-corrected chi connectivity index (χ3v) is 4.60. The zero-order chi connectivity index (χ0) is 22.8. The SMILES string of the molecule is COC(=O)[C@H](Cc1ccc(-n2c(=O)c3cc(OC)ncc3n2C)cn1)NOC(C)(C)C. The lowest BCUT2D eigenvalue weighted by Gasteiger charge is -2.23. The number of nitrogens with one attached hydrogen (secondary N) is 1. The molecule has 0 saturated heterocycles. The predicted molar refractivity (Wildman–Crippen MR) is 114 cm³/mol. The van der Waals surface area contributed by atoms with Gasteiger partial charge >= 0.3 is 5.97 Å². The normalized spacial score (nSPS) is 12.7. The van der Waals surface area contributed by atoms with E-state index in [0.29, 0.717) is 28.2 Å². The van der Waals surface area contributed by atoms with Crippen LogP contribution in [0.5, 0.6) is 5.88 Å². The molecule has 0 radical (unpaired) electrons. The molecule has 166 valence electrons. The number of methoxy groups -OCH3 is 2. The molecule has 3 aromatic rings. The second kappa shape index (κ2) is 8.86. The first kappa shape index (κ1) is 22.4. The van der Waals surface area contributed by atoms with Crippen molar-refractivity contribution in [2.75, 3.05) is 14.2 Å². The van der Waals surface area contributed by atoms with Crippen molar-refractivity contribution >= 4 is 16.9 Å². The van der Waals surface area contributed by atoms with Crippen LogP contribution < -0.4 is 15.8 Å². The molecule has 31 heavy (non-hydrogen) atoms. The van der Waals surface area contributed by atoms with Crippen LogP contribution in [0.2, 0.25) is 0 Å². The van der Waals surface area contributed by atoms with Crippen molar-refractivity contribution < 1.29 is 19.1 Å². The van der Waals surface area contributed by atoms with Crippen molar-refractivity contribution in [3.05, 3.63) is 46.6 Å². The Labute approximate surface area is 179 Å². The number of hydrogen-bond donors (Lipinski definition) is 1. The quantitative estimate of drug-likeness (QED) is 0.445. The van der Waals surface area contributed by atoms with Gasteiger partial charge in [-0.25, -0.2) is 9.67 Å². The second-order valence-electron chi connectivity index (χ2n) is 8.00. The fraction of sp³-hybridized carbons (Fsp3) is 0.429. The second-order valence-corrected chi connectivity index (χ2v) is 8.00. The Morgan fingerprint density at radius 3 is 2.52 bits per heavy atom. The molecular weight excluding hydrogens is 402 g/mol. The summed E-state index contributed by atoms with van der Waals surface area (Å²) in [5, 5.41) is 0.493. The lowest BCUT2D eigenvalue weighted by atomic mass is 10.1. The van der Waals surface area contributed by atoms with Gasteiger partial charge in [0.2, 0.25) is 5.88 Å². The number of fused-ring (bicyclic) bond motifs is 1. The maximum Gasteiger partial charge on any atom is 0.325 e. The van der Waals surface area contributed by atoms with Gasteiger partial charge in [-0.1, -0.05) is 0 Å². The maximum absolute atomic E-state index is 12.9. The highest BCUT2D eigenvalue weighted by Gasteiger charge is 2.23. The number of carbonyl (C=O) groups excluding carboxylic acids is 1. The van der Waals surface area contributed by atoms with Gasteiger partial charge in [-0.3, -0.25) is 24.1 Å². The van der Waals surface area contributed by atoms with E-state index in [4.69, 9.17) is 14.3 Å². The van der Waals surface area contributed by atoms with Crippen LogP contribution in [-0.2, 0) is 27.8 Å². The Hall–Kier alpha value is -3.24. The van der Waals surface area contributed by atoms with Crippen LogP contribution in [0.3, 0.4) is 0 Å². The maximum atomic E-state index is 12.9. The van der Waals surface area contributed by atoms with E-state index in [2.05, 4.69) is 15.4 Å². The van der Waals surface area contributed by atoms with Gasteiger partial charge < -0.3 is 9.47 Å². The van der Waals surface area contributed by atoms with Gasteiger partial charge in [-0.15, -0.1) is 0 Å². The third-order valence-electron chi connectivity index (χ3n) is 4.60. The van der Waals surface area contributed by atoms with E-state index in [1.54, 1.807) is 42.3 Å². The highest BCUT2D eigenvalue weighted by molar-refractivity contribution is 5.79. The number of hydroxylamine groups is 1. The Bertz CT molecular complexity index is 1130. The molecular formula is C21H27N5O5. The van der Waals surface area contributed by atoms with Crippen LogP contribution in [-0.4, -0.2) is 51.2 Å². The van der Waals surface area contributed by atoms with E-state index in [-0.39, 0.29) is 12.0 Å². The lowest BCUT2D eigenvalue weighted by Crippen LogP contribution is -2.43. The van der Waals surface area contributed by atoms with Crippen LogP contribution >= 0.6 is 0 Å². The minimum Gasteiger partial charge on any atom is -0.481 e. The van der Waals surface area contributed by atoms with E-state index in [9.17, 15) is 9.59 Å². The molecule has 1 N–H and O–H groups in total. The molecule has 0 saturated carbocycles. The smallest absolute Gasteiger partial charge is 0.325 e. The number of aromatic nitrogens is 4. The summed E-state index contributed by atoms with van der Waals surface area (Å²) in [6, 6.07) is 4.42. The molecule has 0 aliphatic heterocycles. The molecule has 0 bridgehead atoms. The molecule has 3 rings (SSSR count). The molecule has 0 aliphatic carbocycles. The number of rotatable bonds is 7. The number of hydrogen-bond acceptors (Lipinski definition) is 8. The minimum absolute atomic E-state index is 0.208. The Balaban J connectivity index is 1.87. The summed E-state index contributed by atoms with van der Waals surface area (Å²) in [5.74, 6) is -0.0869. The fourth-order valence-electron chi connectivity index (χ4n) is 3.05. The molecule has 0 aliphatic rings. The van der Waals surface area contributed by atoms with Gasteiger partial charge in [0.15, 0.2) is 0 Å². The summed E-state index contributed by atoms with van der Waals surface area (Å²) in [6.45, 7) is 5.61. The van der Waals surface area contributed by atoms with E-state index < -0.39 is 17.6 Å². The first-order chi connectivity index (χ1) is 14.6. The summed E-state index contributed by atoms with van der Waals surface area (Å²) >= 11 is 0. The highest BCUT2D eigenvalue weighted by Crippen LogP contribution is 2.17. The van der Waals surface area contributed by atoms with Crippen molar-refractivity contribution in [1.82, 2.24) is 24.8 Å². The third kappa shape index (κ3) is 4.92. The fourth-order valence-corrected chi connectivity index (χ4v) is 3.05. The Morgan fingerprint density at radius 2 is 1.94 bits per heavy atom. The van der Waals surface area contributed by atoms with Crippen LogP contribution in [0.4, 0.5) is 0 Å². The minimum atomic E-state index is -0.721. The van der Waals surface area contributed by atoms with Gasteiger partial charge in [0, 0.05) is 25.2 Å². The van der Waals surface area contributed by atoms with Gasteiger partial charge in [0.25, 0.3) is 5.56 Å². The van der Waals surface area contributed by atoms with Crippen LogP contribution in [0, 0.1) is 0 Å². The number of aryl methyl sites for hydroxylation is 1. The van der Waals surface area contributed by atoms with Crippen molar-refractivity contribution in [2.45, 2.75) is 38.8 Å². The summed E-state index contributed by atoms with van der Waals surface area (Å²) in [6.07, 6.45) is 3.43. The van der Waals surface area contributed by atoms with Crippen molar-refractivity contribution in [2.24, 2.45) is 7.05 Å². The summed E-state index contributed by atoms with van der Waals surface area (Å²) in [7, 11) is 4.59. The molecule has 0 unspecified atom stereocenters. The standard InChI is InChI=1S/C21H27N5O5/c1-21(2,3)31-24-16(20(28)30-6)9-13-7-8-14(11-22-13)26-19(27)15-10-18(29-5)23-12-17(15)25(26)4/h7-8,10-12,16,24H,9H2,1-6H3/t16-/m0/s1. The van der Waals surface area contributed by atoms with Crippen molar-refractivity contribution in [3.8, 4) is 11.6 Å². The summed E-state index contributed by atoms with van der Waals surface area (Å²) < 4.78 is 13.2. The molecule has 0 fully saturated rings. The highest BCUT2D eigenvalue weighted by atomic mass is 16.7. The van der Waals surface area contributed by atoms with E-state index in [1.165, 1.54) is 18.9 Å². The average Bonchev–Trinajstić information content (AvgIpc) is 3.00. The van der Waals surface area contributed by atoms with E-state index >= 15 is 0 Å². The van der Waals surface area contributed by atoms with Gasteiger partial charge in [0.1, 0.15) is 6.04 Å². The number of ether oxygens (including phenoxy) is 2. The van der Waals surface area contributed by atoms with E-state index in [1.807, 2.05) is 20.8 Å². The monoisotopic (exact) mass is 429 g/mol. The Kier molecular flexibility index (Phi) is 6.42. The lowest BCUT2D eigenvalue weighted by molar-refractivity contribution is -0.153. The molecule has 0 aromatic carbocycles. The summed E-state index contributed by atoms with van der Waals surface area (Å²) in [5.41, 5.74) is 3.97. The topological polar surface area (TPSA) is 110 Å². The predicted octanol–water partition coefficient (Wildman–Crippen LogP) is 1.53. The van der Waals surface area contributed by atoms with Crippen LogP contribution in [0.15, 0.2) is 35.4 Å². The number of esters is 1. The van der Waals surface area contributed by atoms with Gasteiger partial charge in [-0.2, -0.15) is 5.48 Å². The molecule has 0 amide bonds. The largest absolute Gasteiger partial charge is 0.481 e. The first-order valence-corrected chi connectivity index (χ1v) is 9.73. The zero-order valence-corrected chi connectivity index (χ0v) is 18.5. The summed E-state index contributed by atoms with van der Waals surface area (Å²) in [4.78, 5) is 39.1. The molecule has 10 nitrogen and oxygen atoms in total. The molecule has 0 spiro atoms. The van der Waals surface area contributed by atoms with E-state index in [0.717, 1.165) is 0 Å². The molecule has 3 heterocycles. The molecule has 3 aromatic heterocycles.